The standard InChI is InChI=1S/C28H27BrN4O3/c1-18-9-12-21(13-10-18)31-25(34)17-36-24-8-6-5-7-19(24)16-30-33-26(35)22-15-20(29)11-14-23(22)32-27(33)28(2,3)4/h5-16H,17H2,1-4H3,(H,31,34). The maximum atomic E-state index is 13.4. The molecule has 0 bridgehead atoms. The van der Waals surface area contributed by atoms with Gasteiger partial charge in [0.2, 0.25) is 0 Å². The first-order valence-corrected chi connectivity index (χ1v) is 12.3. The molecule has 1 aromatic heterocycles. The zero-order chi connectivity index (χ0) is 25.9. The van der Waals surface area contributed by atoms with Crippen molar-refractivity contribution < 1.29 is 9.53 Å². The summed E-state index contributed by atoms with van der Waals surface area (Å²) >= 11 is 3.42. The van der Waals surface area contributed by atoms with Crippen molar-refractivity contribution >= 4 is 44.6 Å². The highest BCUT2D eigenvalue weighted by Crippen LogP contribution is 2.23. The number of hydrogen-bond donors (Lipinski definition) is 1. The Bertz CT molecular complexity index is 1500. The number of fused-ring (bicyclic) bond motifs is 1. The number of amides is 1. The van der Waals surface area contributed by atoms with Gasteiger partial charge in [0, 0.05) is 21.1 Å². The molecule has 1 heterocycles. The number of para-hydroxylation sites is 1. The summed E-state index contributed by atoms with van der Waals surface area (Å²) in [6.07, 6.45) is 1.55. The number of nitrogens with zero attached hydrogens (tertiary/aromatic N) is 3. The number of ether oxygens (including phenoxy) is 1. The van der Waals surface area contributed by atoms with Gasteiger partial charge in [-0.2, -0.15) is 9.78 Å². The summed E-state index contributed by atoms with van der Waals surface area (Å²) in [5, 5.41) is 7.79. The molecule has 3 aromatic carbocycles. The van der Waals surface area contributed by atoms with Crippen LogP contribution in [0.4, 0.5) is 5.69 Å². The Balaban J connectivity index is 1.61. The molecule has 0 aliphatic carbocycles. The summed E-state index contributed by atoms with van der Waals surface area (Å²) in [6, 6.07) is 20.2. The van der Waals surface area contributed by atoms with Gasteiger partial charge in [0.25, 0.3) is 11.5 Å². The number of aryl methyl sites for hydroxylation is 1. The van der Waals surface area contributed by atoms with Gasteiger partial charge in [0.15, 0.2) is 6.61 Å². The second kappa shape index (κ2) is 10.5. The highest BCUT2D eigenvalue weighted by atomic mass is 79.9. The van der Waals surface area contributed by atoms with Crippen molar-refractivity contribution in [3.63, 3.8) is 0 Å². The minimum absolute atomic E-state index is 0.169. The molecule has 4 aromatic rings. The molecular weight excluding hydrogens is 520 g/mol. The van der Waals surface area contributed by atoms with Gasteiger partial charge >= 0.3 is 0 Å². The second-order valence-corrected chi connectivity index (χ2v) is 10.4. The van der Waals surface area contributed by atoms with Crippen molar-refractivity contribution in [2.45, 2.75) is 33.1 Å². The molecule has 1 N–H and O–H groups in total. The van der Waals surface area contributed by atoms with E-state index in [9.17, 15) is 9.59 Å². The average molecular weight is 547 g/mol. The number of halogens is 1. The zero-order valence-corrected chi connectivity index (χ0v) is 22.2. The van der Waals surface area contributed by atoms with Crippen LogP contribution in [-0.4, -0.2) is 28.4 Å². The molecule has 36 heavy (non-hydrogen) atoms. The first kappa shape index (κ1) is 25.3. The number of anilines is 1. The van der Waals surface area contributed by atoms with E-state index in [4.69, 9.17) is 9.72 Å². The normalized spacial score (nSPS) is 11.7. The molecule has 1 amide bonds. The van der Waals surface area contributed by atoms with Crippen molar-refractivity contribution in [2.24, 2.45) is 5.10 Å². The fourth-order valence-electron chi connectivity index (χ4n) is 3.56. The number of carbonyl (C=O) groups excluding carboxylic acids is 1. The van der Waals surface area contributed by atoms with Crippen LogP contribution < -0.4 is 15.6 Å². The zero-order valence-electron chi connectivity index (χ0n) is 20.6. The van der Waals surface area contributed by atoms with Crippen LogP contribution in [0.2, 0.25) is 0 Å². The Morgan fingerprint density at radius 1 is 1.11 bits per heavy atom. The molecule has 7 nitrogen and oxygen atoms in total. The third kappa shape index (κ3) is 5.88. The Labute approximate surface area is 218 Å². The van der Waals surface area contributed by atoms with E-state index in [2.05, 4.69) is 26.3 Å². The van der Waals surface area contributed by atoms with Crippen molar-refractivity contribution in [2.75, 3.05) is 11.9 Å². The molecule has 4 rings (SSSR count). The van der Waals surface area contributed by atoms with E-state index < -0.39 is 5.41 Å². The van der Waals surface area contributed by atoms with Gasteiger partial charge in [0.1, 0.15) is 11.6 Å². The summed E-state index contributed by atoms with van der Waals surface area (Å²) < 4.78 is 7.90. The molecule has 0 aliphatic rings. The predicted molar refractivity (Wildman–Crippen MR) is 147 cm³/mol. The van der Waals surface area contributed by atoms with Crippen molar-refractivity contribution in [3.8, 4) is 5.75 Å². The van der Waals surface area contributed by atoms with Gasteiger partial charge in [0.05, 0.1) is 17.1 Å². The molecule has 0 saturated carbocycles. The van der Waals surface area contributed by atoms with E-state index in [-0.39, 0.29) is 18.1 Å². The van der Waals surface area contributed by atoms with Crippen LogP contribution in [-0.2, 0) is 10.2 Å². The number of rotatable bonds is 6. The van der Waals surface area contributed by atoms with Gasteiger partial charge < -0.3 is 10.1 Å². The first-order valence-electron chi connectivity index (χ1n) is 11.5. The highest BCUT2D eigenvalue weighted by molar-refractivity contribution is 9.10. The van der Waals surface area contributed by atoms with E-state index in [1.54, 1.807) is 18.3 Å². The molecule has 184 valence electrons. The largest absolute Gasteiger partial charge is 0.483 e. The molecule has 0 saturated heterocycles. The Kier molecular flexibility index (Phi) is 7.35. The third-order valence-corrected chi connectivity index (χ3v) is 5.90. The summed E-state index contributed by atoms with van der Waals surface area (Å²) in [5.41, 5.74) is 2.36. The minimum Gasteiger partial charge on any atom is -0.483 e. The fraction of sp³-hybridized carbons (Fsp3) is 0.214. The van der Waals surface area contributed by atoms with Gasteiger partial charge in [-0.15, -0.1) is 0 Å². The SMILES string of the molecule is Cc1ccc(NC(=O)COc2ccccc2C=Nn2c(C(C)(C)C)nc3ccc(Br)cc3c2=O)cc1. The molecule has 0 atom stereocenters. The number of aromatic nitrogens is 2. The summed E-state index contributed by atoms with van der Waals surface area (Å²) in [5.74, 6) is 0.734. The molecule has 0 fully saturated rings. The van der Waals surface area contributed by atoms with Crippen molar-refractivity contribution in [3.05, 3.63) is 98.5 Å². The second-order valence-electron chi connectivity index (χ2n) is 9.45. The highest BCUT2D eigenvalue weighted by Gasteiger charge is 2.23. The van der Waals surface area contributed by atoms with Gasteiger partial charge in [-0.1, -0.05) is 66.5 Å². The van der Waals surface area contributed by atoms with E-state index in [1.165, 1.54) is 4.68 Å². The lowest BCUT2D eigenvalue weighted by Gasteiger charge is -2.21. The van der Waals surface area contributed by atoms with E-state index >= 15 is 0 Å². The van der Waals surface area contributed by atoms with Crippen LogP contribution in [0.3, 0.4) is 0 Å². The molecule has 8 heteroatoms. The minimum atomic E-state index is -0.429. The molecule has 0 aliphatic heterocycles. The summed E-state index contributed by atoms with van der Waals surface area (Å²) in [4.78, 5) is 30.5. The Hall–Kier alpha value is -3.78. The predicted octanol–water partition coefficient (Wildman–Crippen LogP) is 5.66. The first-order chi connectivity index (χ1) is 17.1. The van der Waals surface area contributed by atoms with Crippen molar-refractivity contribution in [1.82, 2.24) is 9.66 Å². The fourth-order valence-corrected chi connectivity index (χ4v) is 3.92. The van der Waals surface area contributed by atoms with Crippen LogP contribution >= 0.6 is 15.9 Å². The third-order valence-electron chi connectivity index (χ3n) is 5.40. The summed E-state index contributed by atoms with van der Waals surface area (Å²) in [7, 11) is 0. The van der Waals surface area contributed by atoms with Crippen LogP contribution in [0.25, 0.3) is 10.9 Å². The number of hydrogen-bond acceptors (Lipinski definition) is 5. The van der Waals surface area contributed by atoms with Gasteiger partial charge in [-0.25, -0.2) is 4.98 Å². The van der Waals surface area contributed by atoms with Crippen molar-refractivity contribution in [1.29, 1.82) is 0 Å². The lowest BCUT2D eigenvalue weighted by molar-refractivity contribution is -0.118. The smallest absolute Gasteiger partial charge is 0.282 e. The van der Waals surface area contributed by atoms with Crippen LogP contribution in [0.15, 0.2) is 81.1 Å². The molecule has 0 unspecified atom stereocenters. The van der Waals surface area contributed by atoms with Gasteiger partial charge in [-0.3, -0.25) is 9.59 Å². The van der Waals surface area contributed by atoms with Crippen LogP contribution in [0.1, 0.15) is 37.7 Å². The molecule has 0 radical (unpaired) electrons. The van der Waals surface area contributed by atoms with Crippen LogP contribution in [0, 0.1) is 6.92 Å². The quantitative estimate of drug-likeness (QED) is 0.316. The van der Waals surface area contributed by atoms with Crippen LogP contribution in [0.5, 0.6) is 5.75 Å². The monoisotopic (exact) mass is 546 g/mol. The Morgan fingerprint density at radius 2 is 1.83 bits per heavy atom. The van der Waals surface area contributed by atoms with Gasteiger partial charge in [-0.05, 0) is 49.4 Å². The molecule has 0 spiro atoms. The maximum Gasteiger partial charge on any atom is 0.282 e. The van der Waals surface area contributed by atoms with E-state index in [1.807, 2.05) is 82.3 Å². The number of carbonyl (C=O) groups is 1. The molecular formula is C28H27BrN4O3. The topological polar surface area (TPSA) is 85.6 Å². The van der Waals surface area contributed by atoms with E-state index in [0.717, 1.165) is 10.0 Å². The summed E-state index contributed by atoms with van der Waals surface area (Å²) in [6.45, 7) is 7.76. The van der Waals surface area contributed by atoms with E-state index in [0.29, 0.717) is 33.7 Å². The lowest BCUT2D eigenvalue weighted by Crippen LogP contribution is -2.29. The Morgan fingerprint density at radius 3 is 2.56 bits per heavy atom. The maximum absolute atomic E-state index is 13.4. The number of nitrogens with one attached hydrogen (secondary N) is 1. The average Bonchev–Trinajstić information content (AvgIpc) is 2.84. The number of benzene rings is 3. The lowest BCUT2D eigenvalue weighted by atomic mass is 9.95.